The molecule has 2 atom stereocenters. The molecule has 4 aliphatic rings. The summed E-state index contributed by atoms with van der Waals surface area (Å²) in [6, 6.07) is 17.4. The molecule has 2 aromatic carbocycles. The van der Waals surface area contributed by atoms with Crippen LogP contribution in [0.15, 0.2) is 54.6 Å². The molecule has 3 heterocycles. The number of carbonyl (C=O) groups is 2. The number of amides is 1. The van der Waals surface area contributed by atoms with Gasteiger partial charge in [-0.25, -0.2) is 4.79 Å². The largest absolute Gasteiger partial charge is 0.493 e. The molecule has 7 nitrogen and oxygen atoms in total. The van der Waals surface area contributed by atoms with Gasteiger partial charge in [-0.2, -0.15) is 0 Å². The monoisotopic (exact) mass is 492 g/mol. The van der Waals surface area contributed by atoms with Gasteiger partial charge in [0, 0.05) is 6.54 Å². The Hall–Kier alpha value is -3.06. The third-order valence-electron chi connectivity index (χ3n) is 8.12. The Morgan fingerprint density at radius 3 is 2.33 bits per heavy atom. The van der Waals surface area contributed by atoms with Crippen LogP contribution in [0.25, 0.3) is 0 Å². The molecule has 1 aliphatic carbocycles. The van der Waals surface area contributed by atoms with E-state index in [9.17, 15) is 14.7 Å². The van der Waals surface area contributed by atoms with Crippen molar-refractivity contribution in [3.63, 3.8) is 0 Å². The van der Waals surface area contributed by atoms with Crippen molar-refractivity contribution in [1.82, 2.24) is 10.2 Å². The fraction of sp³-hybridized carbons (Fsp3) is 0.517. The second kappa shape index (κ2) is 11.3. The number of benzene rings is 2. The summed E-state index contributed by atoms with van der Waals surface area (Å²) in [6.07, 6.45) is 4.93. The van der Waals surface area contributed by atoms with E-state index in [1.165, 1.54) is 0 Å². The topological polar surface area (TPSA) is 88.1 Å². The van der Waals surface area contributed by atoms with Gasteiger partial charge >= 0.3 is 12.1 Å². The highest BCUT2D eigenvalue weighted by Gasteiger charge is 2.37. The number of hydrogen-bond acceptors (Lipinski definition) is 5. The maximum absolute atomic E-state index is 13.0. The van der Waals surface area contributed by atoms with Crippen LogP contribution >= 0.6 is 0 Å². The van der Waals surface area contributed by atoms with Gasteiger partial charge in [-0.3, -0.25) is 9.69 Å². The third-order valence-corrected chi connectivity index (χ3v) is 8.12. The van der Waals surface area contributed by atoms with Crippen molar-refractivity contribution in [1.29, 1.82) is 0 Å². The molecule has 2 N–H and O–H groups in total. The number of alkyl carbamates (subject to hydrolysis) is 1. The average Bonchev–Trinajstić information content (AvgIpc) is 2.92. The fourth-order valence-corrected chi connectivity index (χ4v) is 5.91. The molecule has 1 saturated carbocycles. The molecule has 3 saturated heterocycles. The fourth-order valence-electron chi connectivity index (χ4n) is 5.91. The summed E-state index contributed by atoms with van der Waals surface area (Å²) >= 11 is 0. The molecule has 0 aromatic heterocycles. The van der Waals surface area contributed by atoms with Crippen LogP contribution in [-0.4, -0.2) is 54.4 Å². The van der Waals surface area contributed by atoms with Gasteiger partial charge in [-0.05, 0) is 86.7 Å². The lowest BCUT2D eigenvalue weighted by molar-refractivity contribution is -0.143. The first kappa shape index (κ1) is 24.6. The number of carboxylic acid groups (broad SMARTS) is 1. The molecule has 7 heteroatoms. The molecule has 2 aromatic rings. The van der Waals surface area contributed by atoms with Crippen LogP contribution < -0.4 is 10.1 Å². The first-order chi connectivity index (χ1) is 17.5. The number of fused-ring (bicyclic) bond motifs is 3. The Morgan fingerprint density at radius 1 is 0.944 bits per heavy atom. The number of ether oxygens (including phenoxy) is 2. The zero-order valence-corrected chi connectivity index (χ0v) is 20.7. The van der Waals surface area contributed by atoms with E-state index < -0.39 is 5.97 Å². The van der Waals surface area contributed by atoms with Crippen LogP contribution in [0.3, 0.4) is 0 Å². The zero-order chi connectivity index (χ0) is 24.9. The number of hydrogen-bond donors (Lipinski definition) is 2. The Labute approximate surface area is 212 Å². The number of carbonyl (C=O) groups excluding carboxylic acids is 1. The van der Waals surface area contributed by atoms with Crippen molar-refractivity contribution in [3.8, 4) is 5.75 Å². The molecule has 2 bridgehead atoms. The van der Waals surface area contributed by atoms with E-state index in [0.29, 0.717) is 31.3 Å². The van der Waals surface area contributed by atoms with E-state index in [2.05, 4.69) is 10.2 Å². The van der Waals surface area contributed by atoms with Gasteiger partial charge in [0.2, 0.25) is 0 Å². The highest BCUT2D eigenvalue weighted by atomic mass is 16.6. The molecule has 0 unspecified atom stereocenters. The number of aliphatic carboxylic acids is 1. The van der Waals surface area contributed by atoms with Gasteiger partial charge in [0.25, 0.3) is 0 Å². The average molecular weight is 493 g/mol. The van der Waals surface area contributed by atoms with Crippen LogP contribution in [0, 0.1) is 17.8 Å². The smallest absolute Gasteiger partial charge is 0.408 e. The maximum Gasteiger partial charge on any atom is 0.408 e. The van der Waals surface area contributed by atoms with Gasteiger partial charge < -0.3 is 19.9 Å². The minimum absolute atomic E-state index is 0.0465. The van der Waals surface area contributed by atoms with Gasteiger partial charge in [0.15, 0.2) is 0 Å². The van der Waals surface area contributed by atoms with Crippen molar-refractivity contribution >= 4 is 12.1 Å². The lowest BCUT2D eigenvalue weighted by Crippen LogP contribution is -2.52. The van der Waals surface area contributed by atoms with E-state index in [1.807, 2.05) is 54.6 Å². The van der Waals surface area contributed by atoms with E-state index >= 15 is 0 Å². The van der Waals surface area contributed by atoms with E-state index in [-0.39, 0.29) is 24.2 Å². The normalized spacial score (nSPS) is 28.2. The summed E-state index contributed by atoms with van der Waals surface area (Å²) in [7, 11) is 0. The number of nitrogens with zero attached hydrogens (tertiary/aromatic N) is 1. The molecule has 1 amide bonds. The highest BCUT2D eigenvalue weighted by Crippen LogP contribution is 2.32. The Kier molecular flexibility index (Phi) is 7.75. The van der Waals surface area contributed by atoms with Crippen LogP contribution in [0.1, 0.15) is 55.7 Å². The van der Waals surface area contributed by atoms with Crippen LogP contribution in [0.2, 0.25) is 0 Å². The van der Waals surface area contributed by atoms with Crippen LogP contribution in [0.4, 0.5) is 4.79 Å². The van der Waals surface area contributed by atoms with Crippen molar-refractivity contribution in [3.05, 3.63) is 65.7 Å². The lowest BCUT2D eigenvalue weighted by atomic mass is 9.82. The lowest BCUT2D eigenvalue weighted by Gasteiger charge is -2.43. The summed E-state index contributed by atoms with van der Waals surface area (Å²) in [5, 5.41) is 12.3. The van der Waals surface area contributed by atoms with Crippen LogP contribution in [0.5, 0.6) is 5.75 Å². The molecule has 0 radical (unpaired) electrons. The van der Waals surface area contributed by atoms with Gasteiger partial charge in [-0.1, -0.05) is 42.5 Å². The first-order valence-electron chi connectivity index (χ1n) is 13.2. The van der Waals surface area contributed by atoms with E-state index in [1.54, 1.807) is 0 Å². The predicted octanol–water partition coefficient (Wildman–Crippen LogP) is 4.87. The minimum Gasteiger partial charge on any atom is -0.493 e. The van der Waals surface area contributed by atoms with Crippen molar-refractivity contribution in [2.75, 3.05) is 26.2 Å². The predicted molar refractivity (Wildman–Crippen MR) is 136 cm³/mol. The maximum atomic E-state index is 13.0. The van der Waals surface area contributed by atoms with Crippen molar-refractivity contribution in [2.24, 2.45) is 17.8 Å². The number of carboxylic acids is 1. The van der Waals surface area contributed by atoms with Gasteiger partial charge in [0.1, 0.15) is 11.9 Å². The Morgan fingerprint density at radius 2 is 1.67 bits per heavy atom. The number of piperidine rings is 3. The van der Waals surface area contributed by atoms with E-state index in [4.69, 9.17) is 9.47 Å². The molecule has 36 heavy (non-hydrogen) atoms. The zero-order valence-electron chi connectivity index (χ0n) is 20.7. The standard InChI is InChI=1S/C29H36N2O5/c32-28(33)23-11-9-20(10-12-23)19-35-25-8-4-7-24(17-25)27(22-5-2-1-3-6-22)30-29(34)36-26-18-31-15-13-21(26)14-16-31/h1-8,17,20-21,23,26-27H,9-16,18-19H2,(H,30,34)(H,32,33)/t20?,23?,26-,27-/m0/s1. The molecule has 6 rings (SSSR count). The second-order valence-electron chi connectivity index (χ2n) is 10.5. The Balaban J connectivity index is 1.24. The SMILES string of the molecule is O=C(N[C@@H](c1ccccc1)c1cccc(OCC2CCC(C(=O)O)CC2)c1)O[C@H]1CN2CCC1CC2. The summed E-state index contributed by atoms with van der Waals surface area (Å²) < 4.78 is 12.0. The van der Waals surface area contributed by atoms with Gasteiger partial charge in [-0.15, -0.1) is 0 Å². The summed E-state index contributed by atoms with van der Waals surface area (Å²) in [5.41, 5.74) is 1.91. The van der Waals surface area contributed by atoms with E-state index in [0.717, 1.165) is 62.2 Å². The minimum atomic E-state index is -0.687. The van der Waals surface area contributed by atoms with Crippen molar-refractivity contribution in [2.45, 2.75) is 50.7 Å². The molecule has 3 aliphatic heterocycles. The molecular weight excluding hydrogens is 456 g/mol. The third kappa shape index (κ3) is 6.01. The van der Waals surface area contributed by atoms with Crippen LogP contribution in [-0.2, 0) is 9.53 Å². The first-order valence-corrected chi connectivity index (χ1v) is 13.2. The Bertz CT molecular complexity index is 1030. The summed E-state index contributed by atoms with van der Waals surface area (Å²) in [4.78, 5) is 26.6. The second-order valence-corrected chi connectivity index (χ2v) is 10.5. The quantitative estimate of drug-likeness (QED) is 0.547. The molecule has 192 valence electrons. The summed E-state index contributed by atoms with van der Waals surface area (Å²) in [6.45, 7) is 3.60. The molecule has 4 fully saturated rings. The van der Waals surface area contributed by atoms with Crippen molar-refractivity contribution < 1.29 is 24.2 Å². The molecular formula is C29H36N2O5. The highest BCUT2D eigenvalue weighted by molar-refractivity contribution is 5.70. The number of rotatable bonds is 8. The number of nitrogens with one attached hydrogen (secondary N) is 1. The summed E-state index contributed by atoms with van der Waals surface area (Å²) in [5.74, 6) is 0.667. The molecule has 0 spiro atoms. The van der Waals surface area contributed by atoms with Gasteiger partial charge in [0.05, 0.1) is 18.6 Å².